The van der Waals surface area contributed by atoms with Gasteiger partial charge in [-0.15, -0.1) is 0 Å². The molecule has 2 aliphatic rings. The van der Waals surface area contributed by atoms with E-state index in [2.05, 4.69) is 23.7 Å². The van der Waals surface area contributed by atoms with Crippen molar-refractivity contribution in [1.29, 1.82) is 0 Å². The Bertz CT molecular complexity index is 455. The highest BCUT2D eigenvalue weighted by molar-refractivity contribution is 5.94. The number of allylic oxidation sites excluding steroid dienone is 2. The van der Waals surface area contributed by atoms with Crippen molar-refractivity contribution in [1.82, 2.24) is 0 Å². The first-order chi connectivity index (χ1) is 7.63. The Morgan fingerprint density at radius 1 is 1.38 bits per heavy atom. The molecule has 3 heteroatoms. The lowest BCUT2D eigenvalue weighted by Crippen LogP contribution is -2.48. The minimum absolute atomic E-state index is 0.337. The monoisotopic (exact) mass is 216 g/mol. The average molecular weight is 216 g/mol. The normalized spacial score (nSPS) is 36.8. The van der Waals surface area contributed by atoms with Gasteiger partial charge in [0.25, 0.3) is 0 Å². The minimum Gasteiger partial charge on any atom is -0.380 e. The van der Waals surface area contributed by atoms with Gasteiger partial charge in [-0.05, 0) is 31.4 Å². The number of carbonyl (C=O) groups is 1. The van der Waals surface area contributed by atoms with Crippen molar-refractivity contribution in [2.24, 2.45) is 5.92 Å². The second kappa shape index (κ2) is 4.14. The Hall–Kier alpha value is -1.55. The summed E-state index contributed by atoms with van der Waals surface area (Å²) in [6, 6.07) is 0. The lowest BCUT2D eigenvalue weighted by Gasteiger charge is -2.32. The van der Waals surface area contributed by atoms with E-state index in [1.54, 1.807) is 0 Å². The third-order valence-electron chi connectivity index (χ3n) is 2.94. The molecule has 2 bridgehead atoms. The van der Waals surface area contributed by atoms with Crippen LogP contribution in [0, 0.1) is 29.6 Å². The van der Waals surface area contributed by atoms with Gasteiger partial charge < -0.3 is 10.2 Å². The number of fused-ring (bicyclic) bond motifs is 2. The fourth-order valence-corrected chi connectivity index (χ4v) is 2.04. The summed E-state index contributed by atoms with van der Waals surface area (Å²) in [5.41, 5.74) is -1.60. The molecule has 2 aliphatic carbocycles. The number of aliphatic hydroxyl groups excluding tert-OH is 1. The summed E-state index contributed by atoms with van der Waals surface area (Å²) in [6.45, 7) is 0. The van der Waals surface area contributed by atoms with Crippen molar-refractivity contribution in [2.45, 2.75) is 31.0 Å². The van der Waals surface area contributed by atoms with E-state index in [1.807, 2.05) is 0 Å². The van der Waals surface area contributed by atoms with Crippen molar-refractivity contribution in [3.8, 4) is 23.7 Å². The van der Waals surface area contributed by atoms with E-state index in [0.717, 1.165) is 0 Å². The quantitative estimate of drug-likeness (QED) is 0.561. The summed E-state index contributed by atoms with van der Waals surface area (Å²) in [6.07, 6.45) is 3.53. The van der Waals surface area contributed by atoms with Gasteiger partial charge in [-0.25, -0.2) is 0 Å². The number of hydrogen-bond acceptors (Lipinski definition) is 3. The second-order valence-electron chi connectivity index (χ2n) is 4.06. The summed E-state index contributed by atoms with van der Waals surface area (Å²) < 4.78 is 0. The van der Waals surface area contributed by atoms with E-state index in [1.165, 1.54) is 12.2 Å². The van der Waals surface area contributed by atoms with E-state index in [0.29, 0.717) is 19.3 Å². The van der Waals surface area contributed by atoms with Gasteiger partial charge in [0.05, 0.1) is 5.92 Å². The molecular weight excluding hydrogens is 204 g/mol. The molecule has 82 valence electrons. The predicted octanol–water partition coefficient (Wildman–Crippen LogP) is 0.0242. The first-order valence-electron chi connectivity index (χ1n) is 5.27. The number of Topliss-reactive ketones (excluding diaryl/α,β-unsaturated/α-hetero) is 1. The minimum atomic E-state index is -1.60. The first-order valence-corrected chi connectivity index (χ1v) is 5.27. The Morgan fingerprint density at radius 2 is 2.12 bits per heavy atom. The van der Waals surface area contributed by atoms with Crippen LogP contribution in [-0.4, -0.2) is 27.7 Å². The van der Waals surface area contributed by atoms with Gasteiger partial charge in [0, 0.05) is 0 Å². The molecule has 0 aromatic heterocycles. The van der Waals surface area contributed by atoms with Crippen LogP contribution in [0.2, 0.25) is 0 Å². The Balaban J connectivity index is 2.44. The highest BCUT2D eigenvalue weighted by atomic mass is 16.3. The standard InChI is InChI=1S/C13H12O3/c14-11-7-3-1-2-4-8-13(16)9-5-6-10(11)12(13)15/h1-2,10-11,14,16H,5-6,9H2. The van der Waals surface area contributed by atoms with E-state index in [-0.39, 0.29) is 0 Å². The molecule has 2 N–H and O–H groups in total. The molecule has 16 heavy (non-hydrogen) atoms. The van der Waals surface area contributed by atoms with Crippen LogP contribution in [0.4, 0.5) is 0 Å². The number of rotatable bonds is 0. The molecule has 0 spiro atoms. The molecule has 1 saturated carbocycles. The zero-order chi connectivity index (χ0) is 11.6. The molecule has 0 aromatic rings. The van der Waals surface area contributed by atoms with E-state index < -0.39 is 23.4 Å². The SMILES string of the molecule is O=C1C2CCCC1(O)C#CC=CC#CC2O. The maximum absolute atomic E-state index is 12.0. The molecule has 0 radical (unpaired) electrons. The Morgan fingerprint density at radius 3 is 2.94 bits per heavy atom. The summed E-state index contributed by atoms with van der Waals surface area (Å²) in [7, 11) is 0. The third-order valence-corrected chi connectivity index (χ3v) is 2.94. The Labute approximate surface area is 94.2 Å². The fraction of sp³-hybridized carbons (Fsp3) is 0.462. The van der Waals surface area contributed by atoms with Gasteiger partial charge in [-0.1, -0.05) is 23.7 Å². The number of carbonyl (C=O) groups excluding carboxylic acids is 1. The van der Waals surface area contributed by atoms with Gasteiger partial charge in [0.1, 0.15) is 6.10 Å². The van der Waals surface area contributed by atoms with E-state index in [4.69, 9.17) is 0 Å². The highest BCUT2D eigenvalue weighted by Gasteiger charge is 2.44. The maximum atomic E-state index is 12.0. The lowest BCUT2D eigenvalue weighted by molar-refractivity contribution is -0.143. The lowest BCUT2D eigenvalue weighted by atomic mass is 9.75. The molecule has 0 aromatic carbocycles. The van der Waals surface area contributed by atoms with Gasteiger partial charge in [0.15, 0.2) is 11.4 Å². The third kappa shape index (κ3) is 1.88. The zero-order valence-corrected chi connectivity index (χ0v) is 8.73. The largest absolute Gasteiger partial charge is 0.380 e. The van der Waals surface area contributed by atoms with Crippen LogP contribution < -0.4 is 0 Å². The van der Waals surface area contributed by atoms with Crippen LogP contribution in [-0.2, 0) is 4.79 Å². The maximum Gasteiger partial charge on any atom is 0.184 e. The highest BCUT2D eigenvalue weighted by Crippen LogP contribution is 2.30. The molecule has 0 amide bonds. The topological polar surface area (TPSA) is 57.5 Å². The number of aliphatic hydroxyl groups is 2. The molecule has 3 unspecified atom stereocenters. The van der Waals surface area contributed by atoms with Gasteiger partial charge in [-0.3, -0.25) is 4.79 Å². The average Bonchev–Trinajstić information content (AvgIpc) is 2.25. The summed E-state index contributed by atoms with van der Waals surface area (Å²) >= 11 is 0. The van der Waals surface area contributed by atoms with Crippen LogP contribution in [0.5, 0.6) is 0 Å². The molecule has 3 atom stereocenters. The van der Waals surface area contributed by atoms with Crippen molar-refractivity contribution in [2.75, 3.05) is 0 Å². The summed E-state index contributed by atoms with van der Waals surface area (Å²) in [5, 5.41) is 19.8. The number of ketones is 1. The molecule has 1 fully saturated rings. The molecule has 2 rings (SSSR count). The molecule has 3 nitrogen and oxygen atoms in total. The zero-order valence-electron chi connectivity index (χ0n) is 8.73. The van der Waals surface area contributed by atoms with Crippen LogP contribution >= 0.6 is 0 Å². The van der Waals surface area contributed by atoms with Crippen LogP contribution in [0.15, 0.2) is 12.2 Å². The van der Waals surface area contributed by atoms with Crippen molar-refractivity contribution >= 4 is 5.78 Å². The van der Waals surface area contributed by atoms with Crippen LogP contribution in [0.1, 0.15) is 19.3 Å². The molecule has 0 saturated heterocycles. The molecular formula is C13H12O3. The van der Waals surface area contributed by atoms with Crippen molar-refractivity contribution in [3.05, 3.63) is 12.2 Å². The first kappa shape index (κ1) is 11.0. The van der Waals surface area contributed by atoms with Crippen LogP contribution in [0.25, 0.3) is 0 Å². The van der Waals surface area contributed by atoms with Crippen molar-refractivity contribution < 1.29 is 15.0 Å². The summed E-state index contributed by atoms with van der Waals surface area (Å²) in [4.78, 5) is 12.0. The van der Waals surface area contributed by atoms with E-state index in [9.17, 15) is 15.0 Å². The number of hydrogen-bond donors (Lipinski definition) is 2. The second-order valence-corrected chi connectivity index (χ2v) is 4.06. The van der Waals surface area contributed by atoms with Gasteiger partial charge >= 0.3 is 0 Å². The van der Waals surface area contributed by atoms with Gasteiger partial charge in [-0.2, -0.15) is 0 Å². The van der Waals surface area contributed by atoms with Gasteiger partial charge in [0.2, 0.25) is 0 Å². The fourth-order valence-electron chi connectivity index (χ4n) is 2.04. The smallest absolute Gasteiger partial charge is 0.184 e. The summed E-state index contributed by atoms with van der Waals surface area (Å²) in [5.74, 6) is 9.35. The van der Waals surface area contributed by atoms with Crippen LogP contribution in [0.3, 0.4) is 0 Å². The van der Waals surface area contributed by atoms with Crippen molar-refractivity contribution in [3.63, 3.8) is 0 Å². The molecule has 0 heterocycles. The van der Waals surface area contributed by atoms with E-state index >= 15 is 0 Å². The predicted molar refractivity (Wildman–Crippen MR) is 58.0 cm³/mol. The molecule has 0 aliphatic heterocycles. The Kier molecular flexibility index (Phi) is 2.83.